The van der Waals surface area contributed by atoms with Gasteiger partial charge in [0.15, 0.2) is 4.67 Å². The molecule has 1 aliphatic rings. The minimum Gasteiger partial charge on any atom is -0.457 e. The summed E-state index contributed by atoms with van der Waals surface area (Å²) in [6, 6.07) is 7.63. The van der Waals surface area contributed by atoms with Gasteiger partial charge >= 0.3 is 0 Å². The zero-order valence-corrected chi connectivity index (χ0v) is 12.3. The molecule has 0 radical (unpaired) electrons. The molecule has 19 heavy (non-hydrogen) atoms. The van der Waals surface area contributed by atoms with Crippen LogP contribution < -0.4 is 5.32 Å². The highest BCUT2D eigenvalue weighted by molar-refractivity contribution is 9.10. The van der Waals surface area contributed by atoms with E-state index in [4.69, 9.17) is 16.0 Å². The molecule has 3 rings (SSSR count). The van der Waals surface area contributed by atoms with Crippen molar-refractivity contribution in [2.45, 2.75) is 11.8 Å². The number of rotatable bonds is 2. The van der Waals surface area contributed by atoms with Crippen LogP contribution in [0.3, 0.4) is 0 Å². The Bertz CT molecular complexity index is 638. The highest BCUT2D eigenvalue weighted by Crippen LogP contribution is 2.35. The normalized spacial score (nSPS) is 15.8. The maximum absolute atomic E-state index is 11.8. The summed E-state index contributed by atoms with van der Waals surface area (Å²) in [7, 11) is 0. The lowest BCUT2D eigenvalue weighted by atomic mass is 9.95. The fourth-order valence-corrected chi connectivity index (χ4v) is 3.16. The van der Waals surface area contributed by atoms with E-state index in [0.717, 1.165) is 23.1 Å². The van der Waals surface area contributed by atoms with Gasteiger partial charge in [-0.1, -0.05) is 12.1 Å². The van der Waals surface area contributed by atoms with E-state index < -0.39 is 0 Å². The molecule has 0 spiro atoms. The zero-order valence-electron chi connectivity index (χ0n) is 9.95. The second-order valence-corrected chi connectivity index (χ2v) is 5.59. The Morgan fingerprint density at radius 1 is 1.37 bits per heavy atom. The van der Waals surface area contributed by atoms with Crippen molar-refractivity contribution in [3.63, 3.8) is 0 Å². The standard InChI is InChI=1S/C14H11BrClNO2/c15-13-10(4-6-19-13)12(16)9-2-1-8-3-5-17-14(18)11(8)7-9/h1-2,4,6-7,12H,3,5H2,(H,17,18). The van der Waals surface area contributed by atoms with Crippen molar-refractivity contribution in [3.8, 4) is 0 Å². The summed E-state index contributed by atoms with van der Waals surface area (Å²) < 4.78 is 5.81. The van der Waals surface area contributed by atoms with E-state index in [-0.39, 0.29) is 11.3 Å². The molecule has 1 unspecified atom stereocenters. The predicted octanol–water partition coefficient (Wildman–Crippen LogP) is 3.66. The van der Waals surface area contributed by atoms with Gasteiger partial charge in [0.05, 0.1) is 11.6 Å². The average molecular weight is 341 g/mol. The summed E-state index contributed by atoms with van der Waals surface area (Å²) in [5.41, 5.74) is 3.54. The molecule has 1 aliphatic heterocycles. The van der Waals surface area contributed by atoms with Crippen LogP contribution in [0.25, 0.3) is 0 Å². The van der Waals surface area contributed by atoms with E-state index in [1.165, 1.54) is 0 Å². The molecule has 0 saturated carbocycles. The molecule has 0 bridgehead atoms. The van der Waals surface area contributed by atoms with Crippen molar-refractivity contribution < 1.29 is 9.21 Å². The van der Waals surface area contributed by atoms with Crippen molar-refractivity contribution in [2.75, 3.05) is 6.54 Å². The number of benzene rings is 1. The van der Waals surface area contributed by atoms with Gasteiger partial charge in [0.25, 0.3) is 5.91 Å². The predicted molar refractivity (Wildman–Crippen MR) is 76.6 cm³/mol. The molecular weight excluding hydrogens is 330 g/mol. The lowest BCUT2D eigenvalue weighted by molar-refractivity contribution is 0.0946. The molecule has 98 valence electrons. The quantitative estimate of drug-likeness (QED) is 0.848. The second kappa shape index (κ2) is 5.02. The first-order valence-electron chi connectivity index (χ1n) is 5.95. The van der Waals surface area contributed by atoms with E-state index in [9.17, 15) is 4.79 Å². The van der Waals surface area contributed by atoms with Crippen molar-refractivity contribution in [1.82, 2.24) is 5.32 Å². The van der Waals surface area contributed by atoms with Crippen LogP contribution in [0.15, 0.2) is 39.6 Å². The van der Waals surface area contributed by atoms with Gasteiger partial charge in [-0.25, -0.2) is 0 Å². The molecule has 3 nitrogen and oxygen atoms in total. The molecule has 1 aromatic carbocycles. The van der Waals surface area contributed by atoms with Gasteiger partial charge in [-0.2, -0.15) is 0 Å². The Labute approximate surface area is 124 Å². The summed E-state index contributed by atoms with van der Waals surface area (Å²) in [6.45, 7) is 0.697. The first-order valence-corrected chi connectivity index (χ1v) is 7.18. The Balaban J connectivity index is 2.00. The van der Waals surface area contributed by atoms with Crippen LogP contribution in [0.2, 0.25) is 0 Å². The zero-order chi connectivity index (χ0) is 13.4. The third-order valence-electron chi connectivity index (χ3n) is 3.27. The lowest BCUT2D eigenvalue weighted by Crippen LogP contribution is -2.31. The minimum atomic E-state index is -0.340. The van der Waals surface area contributed by atoms with Crippen molar-refractivity contribution in [1.29, 1.82) is 0 Å². The maximum Gasteiger partial charge on any atom is 0.251 e. The molecule has 1 N–H and O–H groups in total. The number of hydrogen-bond acceptors (Lipinski definition) is 2. The number of fused-ring (bicyclic) bond motifs is 1. The number of nitrogens with one attached hydrogen (secondary N) is 1. The highest BCUT2D eigenvalue weighted by Gasteiger charge is 2.21. The van der Waals surface area contributed by atoms with Gasteiger partial charge in [0.1, 0.15) is 0 Å². The fraction of sp³-hybridized carbons (Fsp3) is 0.214. The third-order valence-corrected chi connectivity index (χ3v) is 4.40. The third kappa shape index (κ3) is 2.30. The highest BCUT2D eigenvalue weighted by atomic mass is 79.9. The van der Waals surface area contributed by atoms with E-state index in [0.29, 0.717) is 16.8 Å². The van der Waals surface area contributed by atoms with Crippen molar-refractivity contribution in [2.24, 2.45) is 0 Å². The van der Waals surface area contributed by atoms with E-state index in [2.05, 4.69) is 21.2 Å². The summed E-state index contributed by atoms with van der Waals surface area (Å²) in [5, 5.41) is 2.50. The maximum atomic E-state index is 11.8. The molecule has 1 aromatic heterocycles. The molecule has 0 fully saturated rings. The number of halogens is 2. The van der Waals surface area contributed by atoms with E-state index >= 15 is 0 Å². The molecule has 5 heteroatoms. The summed E-state index contributed by atoms with van der Waals surface area (Å²) in [5.74, 6) is -0.0294. The lowest BCUT2D eigenvalue weighted by Gasteiger charge is -2.18. The van der Waals surface area contributed by atoms with Gasteiger partial charge < -0.3 is 9.73 Å². The van der Waals surface area contributed by atoms with Crippen molar-refractivity contribution in [3.05, 3.63) is 57.5 Å². The van der Waals surface area contributed by atoms with Crippen LogP contribution in [0.5, 0.6) is 0 Å². The van der Waals surface area contributed by atoms with Crippen molar-refractivity contribution >= 4 is 33.4 Å². The van der Waals surface area contributed by atoms with Crippen LogP contribution in [-0.4, -0.2) is 12.5 Å². The topological polar surface area (TPSA) is 42.2 Å². The van der Waals surface area contributed by atoms with Gasteiger partial charge in [-0.05, 0) is 45.6 Å². The molecule has 2 aromatic rings. The number of furan rings is 1. The van der Waals surface area contributed by atoms with Crippen LogP contribution in [0.4, 0.5) is 0 Å². The smallest absolute Gasteiger partial charge is 0.251 e. The van der Waals surface area contributed by atoms with Gasteiger partial charge in [-0.3, -0.25) is 4.79 Å². The number of carbonyl (C=O) groups excluding carboxylic acids is 1. The Morgan fingerprint density at radius 3 is 2.95 bits per heavy atom. The summed E-state index contributed by atoms with van der Waals surface area (Å²) in [6.07, 6.45) is 2.45. The molecular formula is C14H11BrClNO2. The van der Waals surface area contributed by atoms with Crippen LogP contribution in [-0.2, 0) is 6.42 Å². The molecule has 0 aliphatic carbocycles. The Kier molecular flexibility index (Phi) is 3.37. The van der Waals surface area contributed by atoms with E-state index in [1.54, 1.807) is 6.26 Å². The fourth-order valence-electron chi connectivity index (χ4n) is 2.25. The number of amides is 1. The first kappa shape index (κ1) is 12.8. The van der Waals surface area contributed by atoms with E-state index in [1.807, 2.05) is 24.3 Å². The monoisotopic (exact) mass is 339 g/mol. The minimum absolute atomic E-state index is 0.0294. The summed E-state index contributed by atoms with van der Waals surface area (Å²) >= 11 is 9.77. The average Bonchev–Trinajstić information content (AvgIpc) is 2.84. The van der Waals surface area contributed by atoms with Crippen LogP contribution in [0, 0.1) is 0 Å². The molecule has 2 heterocycles. The number of hydrogen-bond donors (Lipinski definition) is 1. The second-order valence-electron chi connectivity index (χ2n) is 4.43. The molecule has 1 atom stereocenters. The molecule has 0 saturated heterocycles. The molecule has 1 amide bonds. The van der Waals surface area contributed by atoms with Crippen LogP contribution in [0.1, 0.15) is 32.4 Å². The number of alkyl halides is 1. The van der Waals surface area contributed by atoms with Gasteiger partial charge in [0.2, 0.25) is 0 Å². The first-order chi connectivity index (χ1) is 9.16. The van der Waals surface area contributed by atoms with Crippen LogP contribution >= 0.6 is 27.5 Å². The Morgan fingerprint density at radius 2 is 2.21 bits per heavy atom. The van der Waals surface area contributed by atoms with Gasteiger partial charge in [-0.15, -0.1) is 11.6 Å². The number of carbonyl (C=O) groups is 1. The van der Waals surface area contributed by atoms with Gasteiger partial charge in [0, 0.05) is 17.7 Å². The summed E-state index contributed by atoms with van der Waals surface area (Å²) in [4.78, 5) is 11.8. The Hall–Kier alpha value is -1.26. The largest absolute Gasteiger partial charge is 0.457 e. The SMILES string of the molecule is O=C1NCCc2ccc(C(Cl)c3ccoc3Br)cc21.